The highest BCUT2D eigenvalue weighted by molar-refractivity contribution is 5.59. The summed E-state index contributed by atoms with van der Waals surface area (Å²) in [6, 6.07) is 15.6. The average molecular weight is 280 g/mol. The van der Waals surface area contributed by atoms with Gasteiger partial charge in [-0.15, -0.1) is 0 Å². The smallest absolute Gasteiger partial charge is 0.143 e. The first-order valence-electron chi connectivity index (χ1n) is 6.86. The minimum Gasteiger partial charge on any atom is -0.495 e. The van der Waals surface area contributed by atoms with Crippen molar-refractivity contribution in [1.82, 2.24) is 0 Å². The fourth-order valence-electron chi connectivity index (χ4n) is 2.50. The minimum absolute atomic E-state index is 0.114. The number of hydrogen-bond donors (Lipinski definition) is 1. The fourth-order valence-corrected chi connectivity index (χ4v) is 2.50. The third-order valence-electron chi connectivity index (χ3n) is 3.56. The number of fused-ring (bicyclic) bond motifs is 1. The molecular formula is C17H16N2O2. The molecule has 0 aromatic heterocycles. The van der Waals surface area contributed by atoms with Crippen LogP contribution in [0.15, 0.2) is 42.5 Å². The lowest BCUT2D eigenvalue weighted by Crippen LogP contribution is -2.24. The van der Waals surface area contributed by atoms with Crippen LogP contribution in [0.3, 0.4) is 0 Å². The van der Waals surface area contributed by atoms with Gasteiger partial charge in [-0.2, -0.15) is 5.26 Å². The van der Waals surface area contributed by atoms with Crippen LogP contribution < -0.4 is 14.8 Å². The van der Waals surface area contributed by atoms with Crippen molar-refractivity contribution in [2.24, 2.45) is 0 Å². The summed E-state index contributed by atoms with van der Waals surface area (Å²) in [6.07, 6.45) is 1.02. The van der Waals surface area contributed by atoms with Crippen LogP contribution in [-0.2, 0) is 6.42 Å². The SMILES string of the molecule is COc1cc(C#N)ccc1NCC1Cc2ccccc2O1. The molecule has 3 rings (SSSR count). The summed E-state index contributed by atoms with van der Waals surface area (Å²) in [5.41, 5.74) is 2.70. The summed E-state index contributed by atoms with van der Waals surface area (Å²) in [5, 5.41) is 12.2. The third-order valence-corrected chi connectivity index (χ3v) is 3.56. The van der Waals surface area contributed by atoms with Gasteiger partial charge < -0.3 is 14.8 Å². The predicted octanol–water partition coefficient (Wildman–Crippen LogP) is 2.98. The van der Waals surface area contributed by atoms with Crippen molar-refractivity contribution < 1.29 is 9.47 Å². The first kappa shape index (κ1) is 13.3. The number of ether oxygens (including phenoxy) is 2. The van der Waals surface area contributed by atoms with Crippen molar-refractivity contribution in [3.8, 4) is 17.6 Å². The normalized spacial score (nSPS) is 15.7. The monoisotopic (exact) mass is 280 g/mol. The maximum atomic E-state index is 8.91. The van der Waals surface area contributed by atoms with E-state index in [1.165, 1.54) is 5.56 Å². The summed E-state index contributed by atoms with van der Waals surface area (Å²) in [4.78, 5) is 0. The molecule has 21 heavy (non-hydrogen) atoms. The molecule has 0 amide bonds. The molecule has 0 spiro atoms. The Kier molecular flexibility index (Phi) is 3.65. The summed E-state index contributed by atoms with van der Waals surface area (Å²) in [6.45, 7) is 0.691. The van der Waals surface area contributed by atoms with E-state index in [4.69, 9.17) is 14.7 Å². The van der Waals surface area contributed by atoms with Gasteiger partial charge in [-0.25, -0.2) is 0 Å². The zero-order valence-corrected chi connectivity index (χ0v) is 11.8. The van der Waals surface area contributed by atoms with Crippen molar-refractivity contribution in [2.45, 2.75) is 12.5 Å². The molecule has 0 fully saturated rings. The van der Waals surface area contributed by atoms with Crippen LogP contribution in [0.1, 0.15) is 11.1 Å². The number of hydrogen-bond acceptors (Lipinski definition) is 4. The molecule has 0 aliphatic carbocycles. The molecule has 1 aliphatic heterocycles. The van der Waals surface area contributed by atoms with Gasteiger partial charge in [0.2, 0.25) is 0 Å². The summed E-state index contributed by atoms with van der Waals surface area (Å²) in [5.74, 6) is 1.64. The van der Waals surface area contributed by atoms with E-state index in [2.05, 4.69) is 17.5 Å². The molecule has 1 aliphatic rings. The predicted molar refractivity (Wildman–Crippen MR) is 80.8 cm³/mol. The Morgan fingerprint density at radius 1 is 1.33 bits per heavy atom. The highest BCUT2D eigenvalue weighted by Crippen LogP contribution is 2.29. The standard InChI is InChI=1S/C17H16N2O2/c1-20-17-8-12(10-18)6-7-15(17)19-11-14-9-13-4-2-3-5-16(13)21-14/h2-8,14,19H,9,11H2,1H3. The number of nitrogens with zero attached hydrogens (tertiary/aromatic N) is 1. The summed E-state index contributed by atoms with van der Waals surface area (Å²) >= 11 is 0. The molecule has 4 heteroatoms. The van der Waals surface area contributed by atoms with Crippen molar-refractivity contribution >= 4 is 5.69 Å². The number of nitriles is 1. The molecule has 1 unspecified atom stereocenters. The Labute approximate surface area is 123 Å². The van der Waals surface area contributed by atoms with Crippen LogP contribution in [0.5, 0.6) is 11.5 Å². The van der Waals surface area contributed by atoms with Gasteiger partial charge in [0, 0.05) is 12.5 Å². The Hall–Kier alpha value is -2.67. The van der Waals surface area contributed by atoms with Crippen molar-refractivity contribution in [2.75, 3.05) is 19.0 Å². The quantitative estimate of drug-likeness (QED) is 0.935. The van der Waals surface area contributed by atoms with Crippen LogP contribution >= 0.6 is 0 Å². The van der Waals surface area contributed by atoms with Crippen LogP contribution in [-0.4, -0.2) is 19.8 Å². The van der Waals surface area contributed by atoms with E-state index in [1.807, 2.05) is 24.3 Å². The molecular weight excluding hydrogens is 264 g/mol. The Morgan fingerprint density at radius 3 is 2.95 bits per heavy atom. The van der Waals surface area contributed by atoms with E-state index >= 15 is 0 Å². The van der Waals surface area contributed by atoms with Gasteiger partial charge in [-0.05, 0) is 23.8 Å². The number of methoxy groups -OCH3 is 1. The van der Waals surface area contributed by atoms with Gasteiger partial charge in [0.1, 0.15) is 17.6 Å². The van der Waals surface area contributed by atoms with E-state index < -0.39 is 0 Å². The summed E-state index contributed by atoms with van der Waals surface area (Å²) in [7, 11) is 1.60. The molecule has 0 radical (unpaired) electrons. The zero-order valence-electron chi connectivity index (χ0n) is 11.8. The fraction of sp³-hybridized carbons (Fsp3) is 0.235. The zero-order chi connectivity index (χ0) is 14.7. The second-order valence-electron chi connectivity index (χ2n) is 4.96. The largest absolute Gasteiger partial charge is 0.495 e. The van der Waals surface area contributed by atoms with Gasteiger partial charge in [0.15, 0.2) is 0 Å². The molecule has 2 aromatic carbocycles. The van der Waals surface area contributed by atoms with Crippen molar-refractivity contribution in [1.29, 1.82) is 5.26 Å². The molecule has 4 nitrogen and oxygen atoms in total. The second kappa shape index (κ2) is 5.76. The number of para-hydroxylation sites is 1. The van der Waals surface area contributed by atoms with Crippen molar-refractivity contribution in [3.63, 3.8) is 0 Å². The molecule has 0 saturated heterocycles. The van der Waals surface area contributed by atoms with Gasteiger partial charge in [0.05, 0.1) is 31.0 Å². The molecule has 1 N–H and O–H groups in total. The number of anilines is 1. The van der Waals surface area contributed by atoms with Crippen LogP contribution in [0.2, 0.25) is 0 Å². The first-order chi connectivity index (χ1) is 10.3. The maximum Gasteiger partial charge on any atom is 0.143 e. The van der Waals surface area contributed by atoms with E-state index in [1.54, 1.807) is 19.2 Å². The van der Waals surface area contributed by atoms with Gasteiger partial charge >= 0.3 is 0 Å². The van der Waals surface area contributed by atoms with Crippen molar-refractivity contribution in [3.05, 3.63) is 53.6 Å². The maximum absolute atomic E-state index is 8.91. The molecule has 0 saturated carbocycles. The second-order valence-corrected chi connectivity index (χ2v) is 4.96. The minimum atomic E-state index is 0.114. The van der Waals surface area contributed by atoms with Crippen LogP contribution in [0.25, 0.3) is 0 Å². The van der Waals surface area contributed by atoms with Crippen LogP contribution in [0, 0.1) is 11.3 Å². The highest BCUT2D eigenvalue weighted by Gasteiger charge is 2.22. The third kappa shape index (κ3) is 2.77. The van der Waals surface area contributed by atoms with Gasteiger partial charge in [-0.1, -0.05) is 18.2 Å². The lowest BCUT2D eigenvalue weighted by molar-refractivity contribution is 0.246. The highest BCUT2D eigenvalue weighted by atomic mass is 16.5. The first-order valence-corrected chi connectivity index (χ1v) is 6.86. The van der Waals surface area contributed by atoms with E-state index in [-0.39, 0.29) is 6.10 Å². The number of nitrogens with one attached hydrogen (secondary N) is 1. The number of rotatable bonds is 4. The molecule has 1 atom stereocenters. The average Bonchev–Trinajstić information content (AvgIpc) is 2.95. The van der Waals surface area contributed by atoms with E-state index in [0.29, 0.717) is 17.9 Å². The van der Waals surface area contributed by atoms with Crippen LogP contribution in [0.4, 0.5) is 5.69 Å². The Balaban J connectivity index is 1.66. The van der Waals surface area contributed by atoms with Gasteiger partial charge in [-0.3, -0.25) is 0 Å². The lowest BCUT2D eigenvalue weighted by atomic mass is 10.1. The van der Waals surface area contributed by atoms with Gasteiger partial charge in [0.25, 0.3) is 0 Å². The van der Waals surface area contributed by atoms with E-state index in [0.717, 1.165) is 17.9 Å². The molecule has 2 aromatic rings. The summed E-state index contributed by atoms with van der Waals surface area (Å²) < 4.78 is 11.2. The lowest BCUT2D eigenvalue weighted by Gasteiger charge is -2.15. The molecule has 0 bridgehead atoms. The molecule has 106 valence electrons. The topological polar surface area (TPSA) is 54.3 Å². The molecule has 1 heterocycles. The Bertz CT molecular complexity index is 666. The number of benzene rings is 2. The van der Waals surface area contributed by atoms with E-state index in [9.17, 15) is 0 Å². The Morgan fingerprint density at radius 2 is 2.19 bits per heavy atom.